The maximum Gasteiger partial charge on any atom is 0.319 e. The molecule has 0 radical (unpaired) electrons. The summed E-state index contributed by atoms with van der Waals surface area (Å²) in [4.78, 5) is 29.5. The van der Waals surface area contributed by atoms with E-state index in [1.807, 2.05) is 19.9 Å². The van der Waals surface area contributed by atoms with Crippen LogP contribution in [-0.2, 0) is 11.3 Å². The molecule has 0 aromatic carbocycles. The van der Waals surface area contributed by atoms with E-state index in [9.17, 15) is 14.7 Å². The van der Waals surface area contributed by atoms with Crippen molar-refractivity contribution in [2.24, 2.45) is 11.3 Å². The van der Waals surface area contributed by atoms with Gasteiger partial charge in [0.25, 0.3) is 0 Å². The van der Waals surface area contributed by atoms with Crippen molar-refractivity contribution in [3.05, 3.63) is 17.5 Å². The Balaban J connectivity index is 1.71. The van der Waals surface area contributed by atoms with E-state index in [-0.39, 0.29) is 24.4 Å². The van der Waals surface area contributed by atoms with Gasteiger partial charge in [-0.1, -0.05) is 19.0 Å². The number of rotatable bonds is 4. The number of carboxylic acids is 1. The fraction of sp³-hybridized carbons (Fsp3) is 0.706. The van der Waals surface area contributed by atoms with E-state index in [0.29, 0.717) is 26.2 Å². The first-order valence-electron chi connectivity index (χ1n) is 8.60. The van der Waals surface area contributed by atoms with Gasteiger partial charge in [-0.2, -0.15) is 0 Å². The number of urea groups is 1. The lowest BCUT2D eigenvalue weighted by Crippen LogP contribution is -2.44. The fourth-order valence-corrected chi connectivity index (χ4v) is 3.92. The highest BCUT2D eigenvalue weighted by molar-refractivity contribution is 5.80. The van der Waals surface area contributed by atoms with Crippen LogP contribution in [0.15, 0.2) is 10.6 Å². The van der Waals surface area contributed by atoms with Crippen molar-refractivity contribution in [2.45, 2.75) is 26.3 Å². The van der Waals surface area contributed by atoms with Crippen molar-refractivity contribution < 1.29 is 19.2 Å². The Hall–Kier alpha value is -2.09. The van der Waals surface area contributed by atoms with E-state index in [0.717, 1.165) is 11.5 Å². The zero-order valence-electron chi connectivity index (χ0n) is 15.2. The van der Waals surface area contributed by atoms with E-state index >= 15 is 0 Å². The van der Waals surface area contributed by atoms with E-state index < -0.39 is 11.4 Å². The number of hydrogen-bond donors (Lipinski definition) is 1. The highest BCUT2D eigenvalue weighted by Crippen LogP contribution is 2.43. The fourth-order valence-electron chi connectivity index (χ4n) is 3.92. The SMILES string of the molecule is CC(C)c1cc(CN2C[C@@H]3CN(C(=O)N(C)C)C[C@]3(C(=O)O)C2)no1. The number of aliphatic carboxylic acids is 1. The summed E-state index contributed by atoms with van der Waals surface area (Å²) < 4.78 is 5.33. The van der Waals surface area contributed by atoms with Crippen molar-refractivity contribution in [2.75, 3.05) is 40.3 Å². The third-order valence-electron chi connectivity index (χ3n) is 5.29. The van der Waals surface area contributed by atoms with Crippen molar-refractivity contribution in [1.29, 1.82) is 0 Å². The van der Waals surface area contributed by atoms with E-state index in [4.69, 9.17) is 4.52 Å². The first-order chi connectivity index (χ1) is 11.7. The second-order valence-corrected chi connectivity index (χ2v) is 7.76. The molecule has 1 N–H and O–H groups in total. The van der Waals surface area contributed by atoms with Crippen LogP contribution in [0, 0.1) is 11.3 Å². The number of carbonyl (C=O) groups is 2. The zero-order chi connectivity index (χ0) is 18.4. The Bertz CT molecular complexity index is 671. The highest BCUT2D eigenvalue weighted by Gasteiger charge is 2.58. The maximum absolute atomic E-state index is 12.2. The molecule has 1 aromatic rings. The summed E-state index contributed by atoms with van der Waals surface area (Å²) in [6.07, 6.45) is 0. The van der Waals surface area contributed by atoms with Crippen LogP contribution in [0.4, 0.5) is 4.79 Å². The average molecular weight is 350 g/mol. The van der Waals surface area contributed by atoms with Crippen molar-refractivity contribution >= 4 is 12.0 Å². The number of nitrogens with zero attached hydrogens (tertiary/aromatic N) is 4. The highest BCUT2D eigenvalue weighted by atomic mass is 16.5. The molecule has 0 unspecified atom stereocenters. The van der Waals surface area contributed by atoms with Gasteiger partial charge >= 0.3 is 12.0 Å². The summed E-state index contributed by atoms with van der Waals surface area (Å²) in [5, 5.41) is 14.0. The van der Waals surface area contributed by atoms with Crippen LogP contribution in [0.3, 0.4) is 0 Å². The van der Waals surface area contributed by atoms with Crippen LogP contribution in [0.1, 0.15) is 31.2 Å². The van der Waals surface area contributed by atoms with Crippen LogP contribution in [0.25, 0.3) is 0 Å². The molecular formula is C17H26N4O4. The number of amides is 2. The molecule has 2 aliphatic heterocycles. The first kappa shape index (κ1) is 17.7. The summed E-state index contributed by atoms with van der Waals surface area (Å²) >= 11 is 0. The third-order valence-corrected chi connectivity index (χ3v) is 5.29. The lowest BCUT2D eigenvalue weighted by Gasteiger charge is -2.26. The molecule has 1 aromatic heterocycles. The summed E-state index contributed by atoms with van der Waals surface area (Å²) in [5.41, 5.74) is -0.0681. The first-order valence-corrected chi connectivity index (χ1v) is 8.60. The molecule has 3 heterocycles. The van der Waals surface area contributed by atoms with Gasteiger partial charge in [0.1, 0.15) is 11.2 Å². The molecule has 8 nitrogen and oxygen atoms in total. The van der Waals surface area contributed by atoms with Gasteiger partial charge < -0.3 is 19.4 Å². The lowest BCUT2D eigenvalue weighted by atomic mass is 9.81. The van der Waals surface area contributed by atoms with Gasteiger partial charge in [0.15, 0.2) is 0 Å². The normalized spacial score (nSPS) is 26.3. The van der Waals surface area contributed by atoms with Gasteiger partial charge in [0.2, 0.25) is 0 Å². The minimum atomic E-state index is -0.893. The van der Waals surface area contributed by atoms with E-state index in [1.54, 1.807) is 19.0 Å². The van der Waals surface area contributed by atoms with Crippen LogP contribution in [-0.4, -0.2) is 77.2 Å². The van der Waals surface area contributed by atoms with Crippen molar-refractivity contribution in [3.63, 3.8) is 0 Å². The number of likely N-dealkylation sites (tertiary alicyclic amines) is 2. The minimum absolute atomic E-state index is 0.0645. The van der Waals surface area contributed by atoms with Gasteiger partial charge in [0, 0.05) is 64.7 Å². The van der Waals surface area contributed by atoms with Gasteiger partial charge in [0.05, 0.1) is 5.69 Å². The number of aromatic nitrogens is 1. The molecule has 2 saturated heterocycles. The second-order valence-electron chi connectivity index (χ2n) is 7.76. The molecule has 2 amide bonds. The Labute approximate surface area is 147 Å². The summed E-state index contributed by atoms with van der Waals surface area (Å²) in [5.74, 6) is 0.225. The van der Waals surface area contributed by atoms with Gasteiger partial charge in [-0.05, 0) is 0 Å². The topological polar surface area (TPSA) is 90.1 Å². The van der Waals surface area contributed by atoms with Crippen LogP contribution < -0.4 is 0 Å². The van der Waals surface area contributed by atoms with E-state index in [1.165, 1.54) is 4.90 Å². The number of fused-ring (bicyclic) bond motifs is 1. The number of carboxylic acid groups (broad SMARTS) is 1. The predicted octanol–water partition coefficient (Wildman–Crippen LogP) is 1.30. The average Bonchev–Trinajstić information content (AvgIpc) is 3.19. The summed E-state index contributed by atoms with van der Waals surface area (Å²) in [6, 6.07) is 1.81. The van der Waals surface area contributed by atoms with Gasteiger partial charge in [-0.25, -0.2) is 4.79 Å². The second kappa shape index (κ2) is 6.33. The molecular weight excluding hydrogens is 324 g/mol. The molecule has 2 fully saturated rings. The molecule has 8 heteroatoms. The standard InChI is InChI=1S/C17H26N4O4/c1-11(2)14-5-13(18-25-14)8-20-6-12-7-21(16(24)19(3)4)10-17(12,9-20)15(22)23/h5,11-12H,6-10H2,1-4H3,(H,22,23)/t12-,17-/m1/s1. The Morgan fingerprint density at radius 1 is 1.40 bits per heavy atom. The van der Waals surface area contributed by atoms with Crippen LogP contribution in [0.2, 0.25) is 0 Å². The Morgan fingerprint density at radius 2 is 2.12 bits per heavy atom. The minimum Gasteiger partial charge on any atom is -0.481 e. The summed E-state index contributed by atoms with van der Waals surface area (Å²) in [7, 11) is 3.38. The molecule has 3 rings (SSSR count). The smallest absolute Gasteiger partial charge is 0.319 e. The summed E-state index contributed by atoms with van der Waals surface area (Å²) in [6.45, 7) is 6.47. The molecule has 25 heavy (non-hydrogen) atoms. The molecule has 0 saturated carbocycles. The van der Waals surface area contributed by atoms with Gasteiger partial charge in [-0.3, -0.25) is 9.69 Å². The van der Waals surface area contributed by atoms with Gasteiger partial charge in [-0.15, -0.1) is 0 Å². The predicted molar refractivity (Wildman–Crippen MR) is 90.1 cm³/mol. The maximum atomic E-state index is 12.2. The van der Waals surface area contributed by atoms with Crippen LogP contribution in [0.5, 0.6) is 0 Å². The Morgan fingerprint density at radius 3 is 2.64 bits per heavy atom. The van der Waals surface area contributed by atoms with Crippen LogP contribution >= 0.6 is 0 Å². The zero-order valence-corrected chi connectivity index (χ0v) is 15.2. The largest absolute Gasteiger partial charge is 0.481 e. The monoisotopic (exact) mass is 350 g/mol. The third kappa shape index (κ3) is 3.10. The Kier molecular flexibility index (Phi) is 4.49. The molecule has 2 aliphatic rings. The van der Waals surface area contributed by atoms with Crippen molar-refractivity contribution in [3.8, 4) is 0 Å². The molecule has 2 atom stereocenters. The molecule has 0 spiro atoms. The lowest BCUT2D eigenvalue weighted by molar-refractivity contribution is -0.148. The van der Waals surface area contributed by atoms with Crippen molar-refractivity contribution in [1.82, 2.24) is 19.9 Å². The molecule has 0 aliphatic carbocycles. The quantitative estimate of drug-likeness (QED) is 0.880. The molecule has 0 bridgehead atoms. The molecule has 138 valence electrons. The number of hydrogen-bond acceptors (Lipinski definition) is 5. The van der Waals surface area contributed by atoms with E-state index in [2.05, 4.69) is 10.1 Å². The number of carbonyl (C=O) groups excluding carboxylic acids is 1.